The first-order chi connectivity index (χ1) is 11.5. The molecule has 5 nitrogen and oxygen atoms in total. The monoisotopic (exact) mass is 325 g/mol. The van der Waals surface area contributed by atoms with Crippen molar-refractivity contribution in [1.82, 2.24) is 24.6 Å². The zero-order valence-electron chi connectivity index (χ0n) is 15.2. The summed E-state index contributed by atoms with van der Waals surface area (Å²) in [6.07, 6.45) is 0. The van der Waals surface area contributed by atoms with E-state index in [4.69, 9.17) is 4.98 Å². The number of hydrogen-bond donors (Lipinski definition) is 1. The van der Waals surface area contributed by atoms with Crippen molar-refractivity contribution in [1.29, 1.82) is 0 Å². The molecule has 3 aromatic rings. The molecule has 0 saturated carbocycles. The predicted octanol–water partition coefficient (Wildman–Crippen LogP) is 3.37. The van der Waals surface area contributed by atoms with Crippen molar-refractivity contribution in [2.75, 3.05) is 6.54 Å². The van der Waals surface area contributed by atoms with Gasteiger partial charge in [0.05, 0.1) is 22.8 Å². The largest absolute Gasteiger partial charge is 0.330 e. The fourth-order valence-corrected chi connectivity index (χ4v) is 3.24. The van der Waals surface area contributed by atoms with Gasteiger partial charge in [0.15, 0.2) is 0 Å². The van der Waals surface area contributed by atoms with Gasteiger partial charge in [-0.05, 0) is 44.9 Å². The number of para-hydroxylation sites is 2. The molecule has 5 heteroatoms. The minimum Gasteiger partial charge on any atom is -0.330 e. The Morgan fingerprint density at radius 2 is 1.92 bits per heavy atom. The van der Waals surface area contributed by atoms with Gasteiger partial charge in [0, 0.05) is 25.8 Å². The molecule has 3 rings (SSSR count). The van der Waals surface area contributed by atoms with Crippen molar-refractivity contribution in [3.63, 3.8) is 0 Å². The number of nitrogens with zero attached hydrogens (tertiary/aromatic N) is 4. The Kier molecular flexibility index (Phi) is 4.71. The van der Waals surface area contributed by atoms with E-state index in [0.29, 0.717) is 5.92 Å². The van der Waals surface area contributed by atoms with E-state index < -0.39 is 0 Å². The average molecular weight is 325 g/mol. The summed E-state index contributed by atoms with van der Waals surface area (Å²) in [5, 5.41) is 8.17. The molecule has 0 spiro atoms. The summed E-state index contributed by atoms with van der Waals surface area (Å²) in [5.74, 6) is 1.58. The highest BCUT2D eigenvalue weighted by molar-refractivity contribution is 5.75. The molecule has 0 aliphatic heterocycles. The van der Waals surface area contributed by atoms with E-state index in [2.05, 4.69) is 71.7 Å². The van der Waals surface area contributed by atoms with E-state index in [9.17, 15) is 0 Å². The molecule has 0 aliphatic rings. The van der Waals surface area contributed by atoms with Gasteiger partial charge in [0.1, 0.15) is 5.82 Å². The molecule has 2 heterocycles. The smallest absolute Gasteiger partial charge is 0.126 e. The third-order valence-electron chi connectivity index (χ3n) is 4.57. The highest BCUT2D eigenvalue weighted by Crippen LogP contribution is 2.19. The van der Waals surface area contributed by atoms with E-state index in [1.54, 1.807) is 0 Å². The van der Waals surface area contributed by atoms with Crippen molar-refractivity contribution in [2.45, 2.75) is 40.3 Å². The Morgan fingerprint density at radius 3 is 2.58 bits per heavy atom. The molecule has 2 aromatic heterocycles. The Balaban J connectivity index is 1.63. The molecule has 1 N–H and O–H groups in total. The lowest BCUT2D eigenvalue weighted by molar-refractivity contribution is 0.391. The molecular weight excluding hydrogens is 298 g/mol. The Hall–Kier alpha value is -2.14. The lowest BCUT2D eigenvalue weighted by atomic mass is 10.1. The van der Waals surface area contributed by atoms with Gasteiger partial charge in [-0.3, -0.25) is 4.68 Å². The van der Waals surface area contributed by atoms with Crippen LogP contribution in [-0.4, -0.2) is 25.9 Å². The van der Waals surface area contributed by atoms with Crippen molar-refractivity contribution in [3.05, 3.63) is 47.5 Å². The fraction of sp³-hybridized carbons (Fsp3) is 0.474. The second-order valence-electron chi connectivity index (χ2n) is 6.86. The first kappa shape index (κ1) is 16.7. The SMILES string of the molecule is Cc1cc(C)n(C[C@H](C)CN[C@H](C)c2nc3ccccc3n2C)n1. The number of aromatic nitrogens is 4. The predicted molar refractivity (Wildman–Crippen MR) is 98.0 cm³/mol. The molecule has 0 radical (unpaired) electrons. The molecule has 128 valence electrons. The number of nitrogens with one attached hydrogen (secondary N) is 1. The van der Waals surface area contributed by atoms with Crippen LogP contribution in [0.5, 0.6) is 0 Å². The normalized spacial score (nSPS) is 14.2. The van der Waals surface area contributed by atoms with Gasteiger partial charge in [-0.15, -0.1) is 0 Å². The average Bonchev–Trinajstić information content (AvgIpc) is 3.05. The second-order valence-corrected chi connectivity index (χ2v) is 6.86. The van der Waals surface area contributed by atoms with Crippen LogP contribution < -0.4 is 5.32 Å². The summed E-state index contributed by atoms with van der Waals surface area (Å²) in [7, 11) is 2.09. The molecule has 2 atom stereocenters. The van der Waals surface area contributed by atoms with E-state index in [1.807, 2.05) is 13.0 Å². The maximum absolute atomic E-state index is 4.77. The zero-order chi connectivity index (χ0) is 17.3. The standard InChI is InChI=1S/C19H27N5/c1-13(12-24-15(3)10-14(2)22-24)11-20-16(4)19-21-17-8-6-7-9-18(17)23(19)5/h6-10,13,16,20H,11-12H2,1-5H3/t13-,16-/m1/s1. The van der Waals surface area contributed by atoms with Crippen LogP contribution in [0.15, 0.2) is 30.3 Å². The third kappa shape index (κ3) is 3.36. The summed E-state index contributed by atoms with van der Waals surface area (Å²) in [6.45, 7) is 10.5. The number of imidazole rings is 1. The van der Waals surface area contributed by atoms with Crippen molar-refractivity contribution < 1.29 is 0 Å². The molecule has 0 saturated heterocycles. The minimum atomic E-state index is 0.213. The number of rotatable bonds is 6. The van der Waals surface area contributed by atoms with Gasteiger partial charge < -0.3 is 9.88 Å². The molecule has 0 bridgehead atoms. The molecular formula is C19H27N5. The minimum absolute atomic E-state index is 0.213. The Morgan fingerprint density at radius 1 is 1.17 bits per heavy atom. The van der Waals surface area contributed by atoms with Crippen LogP contribution in [0.1, 0.15) is 37.1 Å². The van der Waals surface area contributed by atoms with E-state index in [0.717, 1.165) is 30.1 Å². The van der Waals surface area contributed by atoms with Crippen molar-refractivity contribution in [2.24, 2.45) is 13.0 Å². The highest BCUT2D eigenvalue weighted by atomic mass is 15.3. The summed E-state index contributed by atoms with van der Waals surface area (Å²) in [5.41, 5.74) is 4.54. The van der Waals surface area contributed by atoms with Crippen LogP contribution in [0.4, 0.5) is 0 Å². The lowest BCUT2D eigenvalue weighted by Gasteiger charge is -2.18. The summed E-state index contributed by atoms with van der Waals surface area (Å²) in [6, 6.07) is 10.6. The van der Waals surface area contributed by atoms with Gasteiger partial charge >= 0.3 is 0 Å². The van der Waals surface area contributed by atoms with Gasteiger partial charge in [-0.25, -0.2) is 4.98 Å². The van der Waals surface area contributed by atoms with Gasteiger partial charge in [-0.1, -0.05) is 19.1 Å². The number of fused-ring (bicyclic) bond motifs is 1. The van der Waals surface area contributed by atoms with E-state index in [-0.39, 0.29) is 6.04 Å². The molecule has 0 unspecified atom stereocenters. The van der Waals surface area contributed by atoms with Gasteiger partial charge in [-0.2, -0.15) is 5.10 Å². The van der Waals surface area contributed by atoms with Crippen molar-refractivity contribution in [3.8, 4) is 0 Å². The maximum atomic E-state index is 4.77. The molecule has 0 fully saturated rings. The highest BCUT2D eigenvalue weighted by Gasteiger charge is 2.15. The maximum Gasteiger partial charge on any atom is 0.126 e. The molecule has 1 aromatic carbocycles. The van der Waals surface area contributed by atoms with Crippen molar-refractivity contribution >= 4 is 11.0 Å². The quantitative estimate of drug-likeness (QED) is 0.756. The Labute approximate surface area is 143 Å². The second kappa shape index (κ2) is 6.77. The Bertz CT molecular complexity index is 830. The van der Waals surface area contributed by atoms with Crippen LogP contribution in [-0.2, 0) is 13.6 Å². The van der Waals surface area contributed by atoms with Crippen LogP contribution in [0, 0.1) is 19.8 Å². The van der Waals surface area contributed by atoms with Crippen LogP contribution in [0.25, 0.3) is 11.0 Å². The van der Waals surface area contributed by atoms with Gasteiger partial charge in [0.25, 0.3) is 0 Å². The molecule has 0 amide bonds. The summed E-state index contributed by atoms with van der Waals surface area (Å²) < 4.78 is 4.28. The number of aryl methyl sites for hydroxylation is 3. The first-order valence-electron chi connectivity index (χ1n) is 8.61. The summed E-state index contributed by atoms with van der Waals surface area (Å²) >= 11 is 0. The topological polar surface area (TPSA) is 47.7 Å². The van der Waals surface area contributed by atoms with E-state index >= 15 is 0 Å². The van der Waals surface area contributed by atoms with Crippen LogP contribution in [0.3, 0.4) is 0 Å². The fourth-order valence-electron chi connectivity index (χ4n) is 3.24. The number of benzene rings is 1. The van der Waals surface area contributed by atoms with E-state index in [1.165, 1.54) is 11.2 Å². The third-order valence-corrected chi connectivity index (χ3v) is 4.57. The zero-order valence-corrected chi connectivity index (χ0v) is 15.2. The molecule has 0 aliphatic carbocycles. The first-order valence-corrected chi connectivity index (χ1v) is 8.61. The van der Waals surface area contributed by atoms with Crippen LogP contribution in [0.2, 0.25) is 0 Å². The number of hydrogen-bond acceptors (Lipinski definition) is 3. The summed E-state index contributed by atoms with van der Waals surface area (Å²) in [4.78, 5) is 4.77. The van der Waals surface area contributed by atoms with Gasteiger partial charge in [0.2, 0.25) is 0 Å². The lowest BCUT2D eigenvalue weighted by Crippen LogP contribution is -2.28. The van der Waals surface area contributed by atoms with Crippen LogP contribution >= 0.6 is 0 Å². The molecule has 24 heavy (non-hydrogen) atoms.